The fourth-order valence-electron chi connectivity index (χ4n) is 1.25. The van der Waals surface area contributed by atoms with Gasteiger partial charge in [0, 0.05) is 13.7 Å². The summed E-state index contributed by atoms with van der Waals surface area (Å²) in [5.41, 5.74) is 0. The zero-order chi connectivity index (χ0) is 9.14. The summed E-state index contributed by atoms with van der Waals surface area (Å²) in [6, 6.07) is 0. The van der Waals surface area contributed by atoms with Crippen LogP contribution in [0, 0.1) is 17.4 Å². The first-order valence-corrected chi connectivity index (χ1v) is 3.95. The SMILES string of the molecule is CC1CCOC1C(=O)N(C)C#N. The number of nitriles is 1. The van der Waals surface area contributed by atoms with Gasteiger partial charge in [-0.25, -0.2) is 4.90 Å². The van der Waals surface area contributed by atoms with Gasteiger partial charge in [0.1, 0.15) is 6.10 Å². The van der Waals surface area contributed by atoms with Crippen LogP contribution >= 0.6 is 0 Å². The Morgan fingerprint density at radius 3 is 2.83 bits per heavy atom. The van der Waals surface area contributed by atoms with Crippen LogP contribution in [0.1, 0.15) is 13.3 Å². The zero-order valence-electron chi connectivity index (χ0n) is 7.28. The first kappa shape index (κ1) is 9.01. The molecule has 1 aliphatic rings. The summed E-state index contributed by atoms with van der Waals surface area (Å²) < 4.78 is 5.21. The third kappa shape index (κ3) is 1.56. The summed E-state index contributed by atoms with van der Waals surface area (Å²) >= 11 is 0. The van der Waals surface area contributed by atoms with Crippen LogP contribution in [-0.2, 0) is 9.53 Å². The van der Waals surface area contributed by atoms with E-state index in [9.17, 15) is 4.79 Å². The van der Waals surface area contributed by atoms with Gasteiger partial charge in [-0.05, 0) is 12.3 Å². The highest BCUT2D eigenvalue weighted by atomic mass is 16.5. The third-order valence-electron chi connectivity index (χ3n) is 2.11. The zero-order valence-corrected chi connectivity index (χ0v) is 7.28. The molecule has 1 heterocycles. The minimum absolute atomic E-state index is 0.230. The Kier molecular flexibility index (Phi) is 2.66. The van der Waals surface area contributed by atoms with Crippen LogP contribution in [0.2, 0.25) is 0 Å². The lowest BCUT2D eigenvalue weighted by atomic mass is 10.0. The second-order valence-corrected chi connectivity index (χ2v) is 3.05. The van der Waals surface area contributed by atoms with Crippen LogP contribution in [-0.4, -0.2) is 30.6 Å². The normalized spacial score (nSPS) is 28.1. The molecular weight excluding hydrogens is 156 g/mol. The predicted octanol–water partition coefficient (Wildman–Crippen LogP) is 0.351. The molecule has 1 amide bonds. The predicted molar refractivity (Wildman–Crippen MR) is 41.9 cm³/mol. The highest BCUT2D eigenvalue weighted by Gasteiger charge is 2.32. The van der Waals surface area contributed by atoms with Gasteiger partial charge in [0.05, 0.1) is 0 Å². The summed E-state index contributed by atoms with van der Waals surface area (Å²) in [5, 5.41) is 8.45. The van der Waals surface area contributed by atoms with Crippen molar-refractivity contribution in [1.29, 1.82) is 5.26 Å². The molecule has 4 heteroatoms. The lowest BCUT2D eigenvalue weighted by molar-refractivity contribution is -0.138. The molecule has 0 aromatic heterocycles. The van der Waals surface area contributed by atoms with E-state index in [2.05, 4.69) is 0 Å². The third-order valence-corrected chi connectivity index (χ3v) is 2.11. The smallest absolute Gasteiger partial charge is 0.264 e. The quantitative estimate of drug-likeness (QED) is 0.419. The lowest BCUT2D eigenvalue weighted by Gasteiger charge is -2.15. The first-order chi connectivity index (χ1) is 5.66. The minimum Gasteiger partial charge on any atom is -0.368 e. The van der Waals surface area contributed by atoms with Crippen molar-refractivity contribution in [3.63, 3.8) is 0 Å². The Morgan fingerprint density at radius 2 is 2.42 bits per heavy atom. The molecule has 12 heavy (non-hydrogen) atoms. The average molecular weight is 168 g/mol. The molecule has 1 saturated heterocycles. The Morgan fingerprint density at radius 1 is 1.75 bits per heavy atom. The molecule has 0 aromatic rings. The summed E-state index contributed by atoms with van der Waals surface area (Å²) in [6.45, 7) is 2.58. The Labute approximate surface area is 71.7 Å². The van der Waals surface area contributed by atoms with Crippen molar-refractivity contribution in [3.05, 3.63) is 0 Å². The van der Waals surface area contributed by atoms with Crippen LogP contribution in [0.3, 0.4) is 0 Å². The minimum atomic E-state index is -0.408. The summed E-state index contributed by atoms with van der Waals surface area (Å²) in [4.78, 5) is 12.4. The molecule has 1 rings (SSSR count). The molecule has 0 radical (unpaired) electrons. The van der Waals surface area contributed by atoms with Crippen LogP contribution in [0.15, 0.2) is 0 Å². The van der Waals surface area contributed by atoms with E-state index in [1.165, 1.54) is 7.05 Å². The van der Waals surface area contributed by atoms with Crippen molar-refractivity contribution in [2.24, 2.45) is 5.92 Å². The number of rotatable bonds is 1. The summed E-state index contributed by atoms with van der Waals surface area (Å²) in [5.74, 6) is -0.00389. The van der Waals surface area contributed by atoms with Crippen LogP contribution in [0.4, 0.5) is 0 Å². The van der Waals surface area contributed by atoms with Gasteiger partial charge in [-0.3, -0.25) is 4.79 Å². The number of amides is 1. The molecule has 1 fully saturated rings. The van der Waals surface area contributed by atoms with Crippen molar-refractivity contribution < 1.29 is 9.53 Å². The number of carbonyl (C=O) groups is 1. The maximum atomic E-state index is 11.4. The Hall–Kier alpha value is -1.08. The molecule has 66 valence electrons. The number of likely N-dealkylation sites (N-methyl/N-ethyl adjacent to an activating group) is 1. The van der Waals surface area contributed by atoms with Gasteiger partial charge in [0.25, 0.3) is 5.91 Å². The number of carbonyl (C=O) groups excluding carboxylic acids is 1. The number of hydrogen-bond donors (Lipinski definition) is 0. The van der Waals surface area contributed by atoms with E-state index in [1.54, 1.807) is 6.19 Å². The summed E-state index contributed by atoms with van der Waals surface area (Å²) in [7, 11) is 1.46. The van der Waals surface area contributed by atoms with Crippen molar-refractivity contribution in [2.45, 2.75) is 19.4 Å². The maximum Gasteiger partial charge on any atom is 0.264 e. The van der Waals surface area contributed by atoms with Gasteiger partial charge in [-0.2, -0.15) is 5.26 Å². The first-order valence-electron chi connectivity index (χ1n) is 3.95. The second-order valence-electron chi connectivity index (χ2n) is 3.05. The fraction of sp³-hybridized carbons (Fsp3) is 0.750. The van der Waals surface area contributed by atoms with E-state index in [4.69, 9.17) is 10.00 Å². The van der Waals surface area contributed by atoms with Gasteiger partial charge in [0.15, 0.2) is 6.19 Å². The van der Waals surface area contributed by atoms with Crippen LogP contribution in [0.25, 0.3) is 0 Å². The highest BCUT2D eigenvalue weighted by Crippen LogP contribution is 2.21. The van der Waals surface area contributed by atoms with Gasteiger partial charge in [0.2, 0.25) is 0 Å². The molecule has 0 spiro atoms. The molecule has 0 saturated carbocycles. The van der Waals surface area contributed by atoms with Crippen LogP contribution < -0.4 is 0 Å². The molecular formula is C8H12N2O2. The standard InChI is InChI=1S/C8H12N2O2/c1-6-3-4-12-7(6)8(11)10(2)5-9/h6-7H,3-4H2,1-2H3. The Balaban J connectivity index is 2.59. The van der Waals surface area contributed by atoms with Crippen molar-refractivity contribution in [2.75, 3.05) is 13.7 Å². The van der Waals surface area contributed by atoms with Gasteiger partial charge in [-0.15, -0.1) is 0 Å². The molecule has 0 aliphatic carbocycles. The topological polar surface area (TPSA) is 53.3 Å². The molecule has 2 atom stereocenters. The van der Waals surface area contributed by atoms with Crippen molar-refractivity contribution in [1.82, 2.24) is 4.90 Å². The van der Waals surface area contributed by atoms with E-state index < -0.39 is 6.10 Å². The fourth-order valence-corrected chi connectivity index (χ4v) is 1.25. The molecule has 4 nitrogen and oxygen atoms in total. The molecule has 0 aromatic carbocycles. The number of hydrogen-bond acceptors (Lipinski definition) is 3. The van der Waals surface area contributed by atoms with E-state index in [1.807, 2.05) is 6.92 Å². The lowest BCUT2D eigenvalue weighted by Crippen LogP contribution is -2.35. The largest absolute Gasteiger partial charge is 0.368 e. The van der Waals surface area contributed by atoms with Gasteiger partial charge < -0.3 is 4.74 Å². The molecule has 0 N–H and O–H groups in total. The molecule has 2 unspecified atom stereocenters. The van der Waals surface area contributed by atoms with E-state index in [0.29, 0.717) is 6.61 Å². The number of ether oxygens (including phenoxy) is 1. The van der Waals surface area contributed by atoms with Crippen LogP contribution in [0.5, 0.6) is 0 Å². The highest BCUT2D eigenvalue weighted by molar-refractivity contribution is 5.82. The van der Waals surface area contributed by atoms with Crippen molar-refractivity contribution in [3.8, 4) is 6.19 Å². The van der Waals surface area contributed by atoms with Crippen molar-refractivity contribution >= 4 is 5.91 Å². The number of nitrogens with zero attached hydrogens (tertiary/aromatic N) is 2. The van der Waals surface area contributed by atoms with E-state index in [0.717, 1.165) is 11.3 Å². The van der Waals surface area contributed by atoms with Gasteiger partial charge in [-0.1, -0.05) is 6.92 Å². The summed E-state index contributed by atoms with van der Waals surface area (Å²) in [6.07, 6.45) is 2.26. The maximum absolute atomic E-state index is 11.4. The van der Waals surface area contributed by atoms with E-state index >= 15 is 0 Å². The Bertz CT molecular complexity index is 222. The average Bonchev–Trinajstić information content (AvgIpc) is 2.48. The molecule has 1 aliphatic heterocycles. The molecule has 0 bridgehead atoms. The second kappa shape index (κ2) is 3.55. The monoisotopic (exact) mass is 168 g/mol. The van der Waals surface area contributed by atoms with Gasteiger partial charge >= 0.3 is 0 Å². The van der Waals surface area contributed by atoms with E-state index in [-0.39, 0.29) is 11.8 Å².